The molecular formula is C22H34O5S. The van der Waals surface area contributed by atoms with Crippen molar-refractivity contribution >= 4 is 16.9 Å². The van der Waals surface area contributed by atoms with Crippen molar-refractivity contribution in [1.29, 1.82) is 0 Å². The van der Waals surface area contributed by atoms with Crippen molar-refractivity contribution in [3.8, 4) is 0 Å². The molecule has 5 nitrogen and oxygen atoms in total. The van der Waals surface area contributed by atoms with Crippen LogP contribution in [0.4, 0.5) is 0 Å². The lowest BCUT2D eigenvalue weighted by Crippen LogP contribution is -2.28. The van der Waals surface area contributed by atoms with E-state index in [1.54, 1.807) is 7.11 Å². The molecule has 0 fully saturated rings. The third kappa shape index (κ3) is 11.0. The summed E-state index contributed by atoms with van der Waals surface area (Å²) in [7, 11) is 1.62. The number of hydrogen-bond acceptors (Lipinski definition) is 6. The van der Waals surface area contributed by atoms with E-state index in [1.807, 2.05) is 44.2 Å². The Balaban J connectivity index is 2.38. The highest BCUT2D eigenvalue weighted by Crippen LogP contribution is 2.24. The standard InChI is InChI=1S/C22H34O5S/c1-5-28-22(23)21(19(3)27-17-25-14-13-24-4)12-11-18(2)15-26-16-20-9-7-6-8-10-20/h6-10,19,21H,2,5,11-17H2,1,3-4H3/t19-,21+/m1/s1. The number of hydrogen-bond donors (Lipinski definition) is 0. The molecule has 0 heterocycles. The van der Waals surface area contributed by atoms with Gasteiger partial charge in [-0.05, 0) is 31.1 Å². The number of thioether (sulfide) groups is 1. The van der Waals surface area contributed by atoms with E-state index < -0.39 is 0 Å². The average Bonchev–Trinajstić information content (AvgIpc) is 2.69. The molecule has 0 saturated heterocycles. The molecule has 6 heteroatoms. The lowest BCUT2D eigenvalue weighted by atomic mass is 9.96. The summed E-state index contributed by atoms with van der Waals surface area (Å²) in [6.45, 7) is 10.2. The van der Waals surface area contributed by atoms with Gasteiger partial charge in [-0.2, -0.15) is 0 Å². The first-order valence-electron chi connectivity index (χ1n) is 9.71. The van der Waals surface area contributed by atoms with E-state index in [4.69, 9.17) is 18.9 Å². The molecule has 0 aromatic heterocycles. The minimum atomic E-state index is -0.216. The maximum Gasteiger partial charge on any atom is 0.194 e. The molecule has 0 aliphatic heterocycles. The highest BCUT2D eigenvalue weighted by atomic mass is 32.2. The van der Waals surface area contributed by atoms with Gasteiger partial charge in [-0.15, -0.1) is 0 Å². The molecular weight excluding hydrogens is 376 g/mol. The summed E-state index contributed by atoms with van der Waals surface area (Å²) in [4.78, 5) is 12.5. The van der Waals surface area contributed by atoms with Gasteiger partial charge in [0.2, 0.25) is 0 Å². The maximum absolute atomic E-state index is 12.5. The van der Waals surface area contributed by atoms with E-state index in [1.165, 1.54) is 11.8 Å². The number of ether oxygens (including phenoxy) is 4. The van der Waals surface area contributed by atoms with Gasteiger partial charge in [-0.3, -0.25) is 4.79 Å². The summed E-state index contributed by atoms with van der Waals surface area (Å²) in [5, 5.41) is 0.157. The predicted molar refractivity (Wildman–Crippen MR) is 114 cm³/mol. The first-order chi connectivity index (χ1) is 13.6. The molecule has 1 aromatic rings. The highest BCUT2D eigenvalue weighted by molar-refractivity contribution is 8.13. The minimum Gasteiger partial charge on any atom is -0.382 e. The van der Waals surface area contributed by atoms with Crippen molar-refractivity contribution < 1.29 is 23.7 Å². The molecule has 1 aromatic carbocycles. The van der Waals surface area contributed by atoms with Gasteiger partial charge in [-0.1, -0.05) is 61.2 Å². The largest absolute Gasteiger partial charge is 0.382 e. The molecule has 2 atom stereocenters. The van der Waals surface area contributed by atoms with Crippen molar-refractivity contribution in [2.24, 2.45) is 5.92 Å². The van der Waals surface area contributed by atoms with Crippen molar-refractivity contribution in [3.63, 3.8) is 0 Å². The second kappa shape index (κ2) is 15.7. The van der Waals surface area contributed by atoms with Gasteiger partial charge in [0, 0.05) is 7.11 Å². The monoisotopic (exact) mass is 410 g/mol. The van der Waals surface area contributed by atoms with Crippen LogP contribution in [0, 0.1) is 5.92 Å². The molecule has 158 valence electrons. The topological polar surface area (TPSA) is 54.0 Å². The summed E-state index contributed by atoms with van der Waals surface area (Å²) in [5.41, 5.74) is 2.12. The molecule has 0 bridgehead atoms. The van der Waals surface area contributed by atoms with Crippen molar-refractivity contribution in [1.82, 2.24) is 0 Å². The van der Waals surface area contributed by atoms with Gasteiger partial charge in [0.25, 0.3) is 0 Å². The third-order valence-corrected chi connectivity index (χ3v) is 5.10. The van der Waals surface area contributed by atoms with Crippen LogP contribution in [0.25, 0.3) is 0 Å². The normalized spacial score (nSPS) is 13.2. The van der Waals surface area contributed by atoms with E-state index in [0.717, 1.165) is 23.3 Å². The summed E-state index contributed by atoms with van der Waals surface area (Å²) >= 11 is 1.34. The summed E-state index contributed by atoms with van der Waals surface area (Å²) < 4.78 is 21.7. The number of rotatable bonds is 16. The van der Waals surface area contributed by atoms with Gasteiger partial charge in [-0.25, -0.2) is 0 Å². The molecule has 28 heavy (non-hydrogen) atoms. The molecule has 1 rings (SSSR count). The van der Waals surface area contributed by atoms with Crippen LogP contribution in [-0.4, -0.2) is 50.7 Å². The number of carbonyl (C=O) groups is 1. The van der Waals surface area contributed by atoms with Crippen molar-refractivity contribution in [2.45, 2.75) is 39.4 Å². The average molecular weight is 411 g/mol. The molecule has 0 saturated carbocycles. The molecule has 0 spiro atoms. The van der Waals surface area contributed by atoms with Crippen LogP contribution in [0.1, 0.15) is 32.3 Å². The van der Waals surface area contributed by atoms with Crippen LogP contribution in [0.2, 0.25) is 0 Å². The number of methoxy groups -OCH3 is 1. The Kier molecular flexibility index (Phi) is 13.9. The third-order valence-electron chi connectivity index (χ3n) is 4.23. The Morgan fingerprint density at radius 1 is 1.18 bits per heavy atom. The molecule has 0 aliphatic rings. The number of benzene rings is 1. The summed E-state index contributed by atoms with van der Waals surface area (Å²) in [6.07, 6.45) is 1.21. The molecule has 0 radical (unpaired) electrons. The van der Waals surface area contributed by atoms with Gasteiger partial charge < -0.3 is 18.9 Å². The van der Waals surface area contributed by atoms with Crippen LogP contribution in [-0.2, 0) is 30.3 Å². The Morgan fingerprint density at radius 3 is 2.61 bits per heavy atom. The lowest BCUT2D eigenvalue weighted by Gasteiger charge is -2.23. The van der Waals surface area contributed by atoms with Crippen LogP contribution >= 0.6 is 11.8 Å². The Labute approximate surface area is 173 Å². The predicted octanol–water partition coefficient (Wildman–Crippen LogP) is 4.46. The van der Waals surface area contributed by atoms with Crippen LogP contribution in [0.15, 0.2) is 42.5 Å². The van der Waals surface area contributed by atoms with Crippen molar-refractivity contribution in [3.05, 3.63) is 48.0 Å². The van der Waals surface area contributed by atoms with Crippen LogP contribution in [0.3, 0.4) is 0 Å². The van der Waals surface area contributed by atoms with Crippen LogP contribution < -0.4 is 0 Å². The van der Waals surface area contributed by atoms with Gasteiger partial charge in [0.05, 0.1) is 38.4 Å². The van der Waals surface area contributed by atoms with Gasteiger partial charge >= 0.3 is 0 Å². The lowest BCUT2D eigenvalue weighted by molar-refractivity contribution is -0.130. The smallest absolute Gasteiger partial charge is 0.194 e. The highest BCUT2D eigenvalue weighted by Gasteiger charge is 2.25. The first-order valence-corrected chi connectivity index (χ1v) is 10.7. The fourth-order valence-corrected chi connectivity index (χ4v) is 3.39. The van der Waals surface area contributed by atoms with Crippen LogP contribution in [0.5, 0.6) is 0 Å². The van der Waals surface area contributed by atoms with E-state index in [2.05, 4.69) is 6.58 Å². The van der Waals surface area contributed by atoms with Crippen molar-refractivity contribution in [2.75, 3.05) is 39.5 Å². The molecule has 0 N–H and O–H groups in total. The second-order valence-electron chi connectivity index (χ2n) is 6.52. The Bertz CT molecular complexity index is 549. The van der Waals surface area contributed by atoms with E-state index in [9.17, 15) is 4.79 Å². The summed E-state index contributed by atoms with van der Waals surface area (Å²) in [5.74, 6) is 0.565. The van der Waals surface area contributed by atoms with E-state index in [0.29, 0.717) is 32.8 Å². The SMILES string of the molecule is C=C(CC[C@H](C(=O)SCC)[C@@H](C)OCOCCOC)COCc1ccccc1. The van der Waals surface area contributed by atoms with E-state index in [-0.39, 0.29) is 23.9 Å². The second-order valence-corrected chi connectivity index (χ2v) is 7.78. The van der Waals surface area contributed by atoms with E-state index >= 15 is 0 Å². The maximum atomic E-state index is 12.5. The first kappa shape index (κ1) is 24.9. The zero-order chi connectivity index (χ0) is 20.6. The Morgan fingerprint density at radius 2 is 1.93 bits per heavy atom. The molecule has 0 unspecified atom stereocenters. The Hall–Kier alpha value is -1.18. The van der Waals surface area contributed by atoms with Gasteiger partial charge in [0.15, 0.2) is 5.12 Å². The molecule has 0 amide bonds. The quantitative estimate of drug-likeness (QED) is 0.228. The fraction of sp³-hybridized carbons (Fsp3) is 0.591. The minimum absolute atomic E-state index is 0.157. The summed E-state index contributed by atoms with van der Waals surface area (Å²) in [6, 6.07) is 10.0. The zero-order valence-corrected chi connectivity index (χ0v) is 18.2. The number of carbonyl (C=O) groups excluding carboxylic acids is 1. The molecule has 0 aliphatic carbocycles. The zero-order valence-electron chi connectivity index (χ0n) is 17.4. The van der Waals surface area contributed by atoms with Gasteiger partial charge in [0.1, 0.15) is 6.79 Å². The fourth-order valence-electron chi connectivity index (χ4n) is 2.59.